The van der Waals surface area contributed by atoms with Crippen LogP contribution < -0.4 is 9.47 Å². The Kier molecular flexibility index (Phi) is 6.64. The summed E-state index contributed by atoms with van der Waals surface area (Å²) in [7, 11) is 3.40. The van der Waals surface area contributed by atoms with E-state index in [9.17, 15) is 0 Å². The van der Waals surface area contributed by atoms with E-state index in [1.807, 2.05) is 18.2 Å². The number of hydrogen-bond acceptors (Lipinski definition) is 3. The first kappa shape index (κ1) is 22.2. The van der Waals surface area contributed by atoms with E-state index in [0.29, 0.717) is 0 Å². The average Bonchev–Trinajstić information content (AvgIpc) is 3.06. The quantitative estimate of drug-likeness (QED) is 0.334. The van der Waals surface area contributed by atoms with Gasteiger partial charge < -0.3 is 9.47 Å². The highest BCUT2D eigenvalue weighted by atomic mass is 16.5. The summed E-state index contributed by atoms with van der Waals surface area (Å²) in [4.78, 5) is 2.53. The van der Waals surface area contributed by atoms with Gasteiger partial charge in [-0.25, -0.2) is 0 Å². The van der Waals surface area contributed by atoms with E-state index in [4.69, 9.17) is 9.47 Å². The molecular weight excluding hydrogens is 418 g/mol. The lowest BCUT2D eigenvalue weighted by atomic mass is 9.86. The molecule has 0 saturated carbocycles. The summed E-state index contributed by atoms with van der Waals surface area (Å²) in [5.41, 5.74) is 9.37. The molecule has 1 aliphatic heterocycles. The third-order valence-electron chi connectivity index (χ3n) is 6.81. The van der Waals surface area contributed by atoms with Crippen molar-refractivity contribution >= 4 is 23.8 Å². The molecule has 34 heavy (non-hydrogen) atoms. The van der Waals surface area contributed by atoms with Crippen molar-refractivity contribution in [2.45, 2.75) is 12.8 Å². The van der Waals surface area contributed by atoms with E-state index in [-0.39, 0.29) is 0 Å². The largest absolute Gasteiger partial charge is 0.497 e. The van der Waals surface area contributed by atoms with Crippen molar-refractivity contribution in [2.24, 2.45) is 0 Å². The van der Waals surface area contributed by atoms with E-state index >= 15 is 0 Å². The molecule has 3 nitrogen and oxygen atoms in total. The van der Waals surface area contributed by atoms with Crippen LogP contribution in [0.25, 0.3) is 23.8 Å². The third kappa shape index (κ3) is 4.57. The molecule has 2 aliphatic rings. The number of hydrogen-bond donors (Lipinski definition) is 0. The Morgan fingerprint density at radius 3 is 2.06 bits per heavy atom. The molecular formula is C31H31NO2. The Hall–Kier alpha value is -3.56. The molecule has 1 fully saturated rings. The van der Waals surface area contributed by atoms with E-state index in [2.05, 4.69) is 77.7 Å². The maximum absolute atomic E-state index is 5.50. The van der Waals surface area contributed by atoms with Crippen LogP contribution in [0.15, 0.2) is 78.4 Å². The average molecular weight is 450 g/mol. The van der Waals surface area contributed by atoms with Gasteiger partial charge in [0.2, 0.25) is 0 Å². The topological polar surface area (TPSA) is 21.7 Å². The van der Waals surface area contributed by atoms with Crippen LogP contribution in [0.2, 0.25) is 0 Å². The second-order valence-electron chi connectivity index (χ2n) is 8.80. The highest BCUT2D eigenvalue weighted by molar-refractivity contribution is 5.94. The second-order valence-corrected chi connectivity index (χ2v) is 8.80. The Labute approximate surface area is 202 Å². The first-order chi connectivity index (χ1) is 16.8. The molecule has 0 bridgehead atoms. The predicted octanol–water partition coefficient (Wildman–Crippen LogP) is 6.80. The number of benzene rings is 3. The Bertz CT molecular complexity index is 1210. The molecule has 1 aliphatic carbocycles. The summed E-state index contributed by atoms with van der Waals surface area (Å²) in [6, 6.07) is 23.5. The molecule has 3 heteroatoms. The predicted molar refractivity (Wildman–Crippen MR) is 142 cm³/mol. The van der Waals surface area contributed by atoms with Crippen LogP contribution in [0.1, 0.15) is 40.7 Å². The maximum atomic E-state index is 5.50. The van der Waals surface area contributed by atoms with Crippen LogP contribution in [-0.4, -0.2) is 38.8 Å². The summed E-state index contributed by atoms with van der Waals surface area (Å²) in [6.45, 7) is 3.06. The fraction of sp³-hybridized carbons (Fsp3) is 0.226. The van der Waals surface area contributed by atoms with Gasteiger partial charge >= 0.3 is 0 Å². The number of fused-ring (bicyclic) bond motifs is 2. The molecule has 0 radical (unpaired) electrons. The standard InChI is InChI=1S/C31H31NO2/c1-33-27-15-16-30(34-2)26(22-27)10-7-19-32-20-17-25(18-21-32)31-28-11-5-3-8-23(28)13-14-24-9-4-6-12-29(24)31/h3-16,22H,17-21H2,1-2H3. The van der Waals surface area contributed by atoms with Gasteiger partial charge in [-0.3, -0.25) is 4.90 Å². The monoisotopic (exact) mass is 449 g/mol. The van der Waals surface area contributed by atoms with Crippen LogP contribution in [0.3, 0.4) is 0 Å². The Morgan fingerprint density at radius 1 is 0.794 bits per heavy atom. The first-order valence-corrected chi connectivity index (χ1v) is 12.0. The van der Waals surface area contributed by atoms with Crippen molar-refractivity contribution in [3.05, 3.63) is 106 Å². The van der Waals surface area contributed by atoms with Crippen molar-refractivity contribution in [1.82, 2.24) is 4.90 Å². The van der Waals surface area contributed by atoms with Gasteiger partial charge in [0, 0.05) is 25.2 Å². The van der Waals surface area contributed by atoms with Crippen molar-refractivity contribution in [2.75, 3.05) is 33.9 Å². The lowest BCUT2D eigenvalue weighted by Crippen LogP contribution is -2.31. The highest BCUT2D eigenvalue weighted by Crippen LogP contribution is 2.38. The lowest BCUT2D eigenvalue weighted by Gasteiger charge is -2.29. The number of methoxy groups -OCH3 is 2. The zero-order valence-electron chi connectivity index (χ0n) is 20.0. The zero-order chi connectivity index (χ0) is 23.3. The SMILES string of the molecule is COc1ccc(OC)c(C=CCN2CCC(=C3c4ccccc4C=Cc4ccccc43)CC2)c1. The first-order valence-electron chi connectivity index (χ1n) is 12.0. The fourth-order valence-corrected chi connectivity index (χ4v) is 5.00. The summed E-state index contributed by atoms with van der Waals surface area (Å²) in [6.07, 6.45) is 11.1. The second kappa shape index (κ2) is 10.1. The minimum atomic E-state index is 0.841. The molecule has 0 atom stereocenters. The summed E-state index contributed by atoms with van der Waals surface area (Å²) >= 11 is 0. The van der Waals surface area contributed by atoms with Crippen molar-refractivity contribution in [3.63, 3.8) is 0 Å². The summed E-state index contributed by atoms with van der Waals surface area (Å²) in [5.74, 6) is 1.70. The Balaban J connectivity index is 1.34. The van der Waals surface area contributed by atoms with Gasteiger partial charge in [-0.2, -0.15) is 0 Å². The van der Waals surface area contributed by atoms with Crippen LogP contribution in [-0.2, 0) is 0 Å². The zero-order valence-corrected chi connectivity index (χ0v) is 20.0. The molecule has 0 aromatic heterocycles. The molecule has 1 saturated heterocycles. The minimum Gasteiger partial charge on any atom is -0.497 e. The van der Waals surface area contributed by atoms with Crippen molar-refractivity contribution in [1.29, 1.82) is 0 Å². The molecule has 0 unspecified atom stereocenters. The molecule has 0 spiro atoms. The minimum absolute atomic E-state index is 0.841. The van der Waals surface area contributed by atoms with E-state index in [0.717, 1.165) is 49.5 Å². The molecule has 5 rings (SSSR count). The molecule has 0 amide bonds. The van der Waals surface area contributed by atoms with E-state index < -0.39 is 0 Å². The van der Waals surface area contributed by atoms with Crippen LogP contribution >= 0.6 is 0 Å². The van der Waals surface area contributed by atoms with Crippen molar-refractivity contribution < 1.29 is 9.47 Å². The maximum Gasteiger partial charge on any atom is 0.126 e. The van der Waals surface area contributed by atoms with Gasteiger partial charge in [0.25, 0.3) is 0 Å². The highest BCUT2D eigenvalue weighted by Gasteiger charge is 2.22. The molecule has 0 N–H and O–H groups in total. The number of likely N-dealkylation sites (tertiary alicyclic amines) is 1. The number of rotatable bonds is 5. The number of piperidine rings is 1. The molecule has 172 valence electrons. The van der Waals surface area contributed by atoms with Gasteiger partial charge in [-0.05, 0) is 58.9 Å². The van der Waals surface area contributed by atoms with Crippen LogP contribution in [0.5, 0.6) is 11.5 Å². The third-order valence-corrected chi connectivity index (χ3v) is 6.81. The van der Waals surface area contributed by atoms with Gasteiger partial charge in [0.15, 0.2) is 0 Å². The van der Waals surface area contributed by atoms with Gasteiger partial charge in [-0.15, -0.1) is 0 Å². The Morgan fingerprint density at radius 2 is 1.44 bits per heavy atom. The molecule has 1 heterocycles. The summed E-state index contributed by atoms with van der Waals surface area (Å²) in [5, 5.41) is 0. The van der Waals surface area contributed by atoms with E-state index in [1.54, 1.807) is 19.8 Å². The van der Waals surface area contributed by atoms with Gasteiger partial charge in [0.05, 0.1) is 14.2 Å². The normalized spacial score (nSPS) is 15.7. The summed E-state index contributed by atoms with van der Waals surface area (Å²) < 4.78 is 10.9. The number of nitrogens with zero attached hydrogens (tertiary/aromatic N) is 1. The van der Waals surface area contributed by atoms with Crippen LogP contribution in [0, 0.1) is 0 Å². The van der Waals surface area contributed by atoms with Gasteiger partial charge in [-0.1, -0.05) is 78.4 Å². The molecule has 3 aromatic carbocycles. The lowest BCUT2D eigenvalue weighted by molar-refractivity contribution is 0.284. The fourth-order valence-electron chi connectivity index (χ4n) is 5.00. The number of ether oxygens (including phenoxy) is 2. The smallest absolute Gasteiger partial charge is 0.126 e. The molecule has 3 aromatic rings. The van der Waals surface area contributed by atoms with Crippen LogP contribution in [0.4, 0.5) is 0 Å². The van der Waals surface area contributed by atoms with Crippen molar-refractivity contribution in [3.8, 4) is 11.5 Å². The van der Waals surface area contributed by atoms with Gasteiger partial charge in [0.1, 0.15) is 11.5 Å². The van der Waals surface area contributed by atoms with E-state index in [1.165, 1.54) is 27.8 Å².